The number of carbonyl (C=O) groups is 2. The van der Waals surface area contributed by atoms with Crippen LogP contribution in [0.1, 0.15) is 5.56 Å². The van der Waals surface area contributed by atoms with Gasteiger partial charge in [0.25, 0.3) is 0 Å². The predicted molar refractivity (Wildman–Crippen MR) is 61.1 cm³/mol. The van der Waals surface area contributed by atoms with E-state index in [2.05, 4.69) is 10.1 Å². The molecule has 0 spiro atoms. The number of ether oxygens (including phenoxy) is 1. The summed E-state index contributed by atoms with van der Waals surface area (Å²) in [5.41, 5.74) is 0.671. The van der Waals surface area contributed by atoms with Gasteiger partial charge in [-0.05, 0) is 17.7 Å². The number of benzene rings is 1. The average Bonchev–Trinajstić information content (AvgIpc) is 2.39. The Labute approximate surface area is 104 Å². The predicted octanol–water partition coefficient (Wildman–Crippen LogP) is 0.0183. The Morgan fingerprint density at radius 2 is 2.00 bits per heavy atom. The molecule has 0 aliphatic rings. The van der Waals surface area contributed by atoms with Crippen LogP contribution < -0.4 is 5.32 Å². The van der Waals surface area contributed by atoms with E-state index in [1.165, 1.54) is 31.4 Å². The number of rotatable bonds is 5. The van der Waals surface area contributed by atoms with Gasteiger partial charge in [-0.1, -0.05) is 12.1 Å². The van der Waals surface area contributed by atoms with Crippen LogP contribution in [0.25, 0.3) is 0 Å². The van der Waals surface area contributed by atoms with Crippen molar-refractivity contribution in [2.75, 3.05) is 13.7 Å². The van der Waals surface area contributed by atoms with Gasteiger partial charge in [0.05, 0.1) is 7.11 Å². The molecule has 1 aromatic rings. The maximum absolute atomic E-state index is 12.7. The van der Waals surface area contributed by atoms with Gasteiger partial charge in [0, 0.05) is 6.42 Å². The highest BCUT2D eigenvalue weighted by atomic mass is 19.1. The van der Waals surface area contributed by atoms with Gasteiger partial charge in [0.1, 0.15) is 18.5 Å². The van der Waals surface area contributed by atoms with Crippen LogP contribution in [0.4, 0.5) is 4.39 Å². The van der Waals surface area contributed by atoms with E-state index in [4.69, 9.17) is 5.11 Å². The van der Waals surface area contributed by atoms with Gasteiger partial charge in [-0.25, -0.2) is 9.18 Å². The van der Waals surface area contributed by atoms with Crippen LogP contribution in [-0.4, -0.2) is 36.7 Å². The lowest BCUT2D eigenvalue weighted by atomic mass is 10.1. The van der Waals surface area contributed by atoms with Gasteiger partial charge in [0.15, 0.2) is 0 Å². The first-order chi connectivity index (χ1) is 8.56. The van der Waals surface area contributed by atoms with Crippen molar-refractivity contribution in [3.8, 4) is 0 Å². The molecule has 0 aliphatic heterocycles. The van der Waals surface area contributed by atoms with Gasteiger partial charge in [-0.15, -0.1) is 0 Å². The van der Waals surface area contributed by atoms with E-state index < -0.39 is 24.5 Å². The zero-order valence-corrected chi connectivity index (χ0v) is 9.85. The Hall–Kier alpha value is -1.95. The number of nitrogens with one attached hydrogen (secondary N) is 1. The molecular formula is C12H14FNO4. The molecule has 6 heteroatoms. The van der Waals surface area contributed by atoms with Crippen molar-refractivity contribution in [2.24, 2.45) is 0 Å². The van der Waals surface area contributed by atoms with E-state index in [9.17, 15) is 14.0 Å². The molecule has 1 amide bonds. The lowest BCUT2D eigenvalue weighted by Gasteiger charge is -2.15. The van der Waals surface area contributed by atoms with Crippen LogP contribution in [0.15, 0.2) is 24.3 Å². The minimum atomic E-state index is -0.903. The minimum Gasteiger partial charge on any atom is -0.467 e. The van der Waals surface area contributed by atoms with Gasteiger partial charge in [-0.2, -0.15) is 0 Å². The fraction of sp³-hybridized carbons (Fsp3) is 0.333. The molecule has 0 bridgehead atoms. The van der Waals surface area contributed by atoms with Crippen molar-refractivity contribution in [3.63, 3.8) is 0 Å². The molecule has 2 N–H and O–H groups in total. The van der Waals surface area contributed by atoms with Crippen LogP contribution in [0, 0.1) is 5.82 Å². The maximum atomic E-state index is 12.7. The lowest BCUT2D eigenvalue weighted by molar-refractivity contribution is -0.145. The van der Waals surface area contributed by atoms with E-state index in [1.807, 2.05) is 0 Å². The minimum absolute atomic E-state index is 0.165. The highest BCUT2D eigenvalue weighted by molar-refractivity contribution is 5.85. The van der Waals surface area contributed by atoms with E-state index >= 15 is 0 Å². The van der Waals surface area contributed by atoms with E-state index in [0.717, 1.165) is 0 Å². The second-order valence-corrected chi connectivity index (χ2v) is 3.63. The highest BCUT2D eigenvalue weighted by Gasteiger charge is 2.21. The molecule has 5 nitrogen and oxygen atoms in total. The zero-order valence-electron chi connectivity index (χ0n) is 9.85. The van der Waals surface area contributed by atoms with Crippen LogP contribution in [0.5, 0.6) is 0 Å². The second-order valence-electron chi connectivity index (χ2n) is 3.63. The molecule has 0 aromatic heterocycles. The van der Waals surface area contributed by atoms with Gasteiger partial charge in [-0.3, -0.25) is 4.79 Å². The quantitative estimate of drug-likeness (QED) is 0.727. The molecule has 1 aromatic carbocycles. The normalized spacial score (nSPS) is 11.7. The van der Waals surface area contributed by atoms with Gasteiger partial charge in [0.2, 0.25) is 5.91 Å². The third-order valence-electron chi connectivity index (χ3n) is 2.32. The summed E-state index contributed by atoms with van der Waals surface area (Å²) in [6.45, 7) is -0.711. The van der Waals surface area contributed by atoms with Gasteiger partial charge >= 0.3 is 5.97 Å². The summed E-state index contributed by atoms with van der Waals surface area (Å²) >= 11 is 0. The fourth-order valence-corrected chi connectivity index (χ4v) is 1.43. The summed E-state index contributed by atoms with van der Waals surface area (Å²) in [7, 11) is 1.20. The summed E-state index contributed by atoms with van der Waals surface area (Å²) in [6, 6.07) is 4.64. The van der Waals surface area contributed by atoms with Crippen molar-refractivity contribution in [1.82, 2.24) is 5.32 Å². The van der Waals surface area contributed by atoms with Crippen LogP contribution in [0.3, 0.4) is 0 Å². The Morgan fingerprint density at radius 3 is 2.50 bits per heavy atom. The van der Waals surface area contributed by atoms with Crippen molar-refractivity contribution < 1.29 is 23.8 Å². The van der Waals surface area contributed by atoms with Gasteiger partial charge < -0.3 is 15.2 Å². The monoisotopic (exact) mass is 255 g/mol. The Balaban J connectivity index is 2.74. The molecular weight excluding hydrogens is 241 g/mol. The second kappa shape index (κ2) is 6.70. The first kappa shape index (κ1) is 14.1. The third kappa shape index (κ3) is 4.14. The Bertz CT molecular complexity index is 419. The topological polar surface area (TPSA) is 75.6 Å². The van der Waals surface area contributed by atoms with Crippen molar-refractivity contribution in [2.45, 2.75) is 12.5 Å². The number of halogens is 1. The smallest absolute Gasteiger partial charge is 0.328 e. The summed E-state index contributed by atoms with van der Waals surface area (Å²) in [4.78, 5) is 22.5. The number of esters is 1. The molecule has 1 rings (SSSR count). The molecule has 0 saturated carbocycles. The Kier molecular flexibility index (Phi) is 5.26. The number of hydrogen-bond donors (Lipinski definition) is 2. The molecule has 0 aliphatic carbocycles. The highest BCUT2D eigenvalue weighted by Crippen LogP contribution is 2.06. The van der Waals surface area contributed by atoms with Crippen molar-refractivity contribution >= 4 is 11.9 Å². The number of hydrogen-bond acceptors (Lipinski definition) is 4. The molecule has 0 unspecified atom stereocenters. The summed E-state index contributed by atoms with van der Waals surface area (Å²) < 4.78 is 17.3. The SMILES string of the molecule is COC(=O)[C@H](Cc1ccc(F)cc1)NC(=O)CO. The number of methoxy groups -OCH3 is 1. The summed E-state index contributed by atoms with van der Waals surface area (Å²) in [5.74, 6) is -1.68. The number of aliphatic hydroxyl groups is 1. The van der Waals surface area contributed by atoms with E-state index in [1.54, 1.807) is 0 Å². The van der Waals surface area contributed by atoms with Crippen molar-refractivity contribution in [1.29, 1.82) is 0 Å². The number of aliphatic hydroxyl groups excluding tert-OH is 1. The number of carbonyl (C=O) groups excluding carboxylic acids is 2. The molecule has 18 heavy (non-hydrogen) atoms. The molecule has 0 saturated heterocycles. The summed E-state index contributed by atoms with van der Waals surface area (Å²) in [6.07, 6.45) is 0.165. The molecule has 0 heterocycles. The van der Waals surface area contributed by atoms with Crippen LogP contribution in [0.2, 0.25) is 0 Å². The van der Waals surface area contributed by atoms with Crippen LogP contribution >= 0.6 is 0 Å². The van der Waals surface area contributed by atoms with E-state index in [-0.39, 0.29) is 12.2 Å². The maximum Gasteiger partial charge on any atom is 0.328 e. The average molecular weight is 255 g/mol. The number of amides is 1. The zero-order chi connectivity index (χ0) is 13.5. The van der Waals surface area contributed by atoms with E-state index in [0.29, 0.717) is 5.56 Å². The first-order valence-electron chi connectivity index (χ1n) is 5.29. The Morgan fingerprint density at radius 1 is 1.39 bits per heavy atom. The molecule has 98 valence electrons. The largest absolute Gasteiger partial charge is 0.467 e. The third-order valence-corrected chi connectivity index (χ3v) is 2.32. The molecule has 1 atom stereocenters. The summed E-state index contributed by atoms with van der Waals surface area (Å²) in [5, 5.41) is 11.0. The first-order valence-corrected chi connectivity index (χ1v) is 5.29. The molecule has 0 fully saturated rings. The lowest BCUT2D eigenvalue weighted by Crippen LogP contribution is -2.44. The fourth-order valence-electron chi connectivity index (χ4n) is 1.43. The molecule has 0 radical (unpaired) electrons. The van der Waals surface area contributed by atoms with Crippen LogP contribution in [-0.2, 0) is 20.7 Å². The van der Waals surface area contributed by atoms with Crippen molar-refractivity contribution in [3.05, 3.63) is 35.6 Å². The standard InChI is InChI=1S/C12H14FNO4/c1-18-12(17)10(14-11(16)7-15)6-8-2-4-9(13)5-3-8/h2-5,10,15H,6-7H2,1H3,(H,14,16)/t10-/m0/s1.